The molecule has 0 aromatic heterocycles. The molecular weight excluding hydrogens is 218 g/mol. The molecule has 0 radical (unpaired) electrons. The molecule has 0 aliphatic heterocycles. The molecule has 1 unspecified atom stereocenters. The van der Waals surface area contributed by atoms with Crippen molar-refractivity contribution in [3.05, 3.63) is 35.9 Å². The summed E-state index contributed by atoms with van der Waals surface area (Å²) in [5.41, 5.74) is 6.77. The summed E-state index contributed by atoms with van der Waals surface area (Å²) in [6, 6.07) is 9.28. The monoisotopic (exact) mass is 237 g/mol. The Hall–Kier alpha value is -1.39. The highest BCUT2D eigenvalue weighted by atomic mass is 16.5. The Balaban J connectivity index is 2.20. The zero-order valence-electron chi connectivity index (χ0n) is 10.1. The third-order valence-corrected chi connectivity index (χ3v) is 2.41. The predicted molar refractivity (Wildman–Crippen MR) is 65.6 cm³/mol. The Labute approximate surface area is 102 Å². The van der Waals surface area contributed by atoms with Gasteiger partial charge in [0.15, 0.2) is 0 Å². The highest BCUT2D eigenvalue weighted by Gasteiger charge is 2.14. The van der Waals surface area contributed by atoms with Gasteiger partial charge in [0.05, 0.1) is 6.61 Å². The zero-order valence-corrected chi connectivity index (χ0v) is 10.1. The number of benzene rings is 1. The summed E-state index contributed by atoms with van der Waals surface area (Å²) < 4.78 is 9.93. The molecule has 4 heteroatoms. The fraction of sp³-hybridized carbons (Fsp3) is 0.462. The molecular formula is C13H19NO3. The minimum Gasteiger partial charge on any atom is -0.464 e. The van der Waals surface area contributed by atoms with Crippen LogP contribution in [0.25, 0.3) is 0 Å². The molecule has 1 aromatic carbocycles. The average Bonchev–Trinajstić information content (AvgIpc) is 2.37. The number of hydrogen-bond acceptors (Lipinski definition) is 4. The smallest absolute Gasteiger partial charge is 0.323 e. The summed E-state index contributed by atoms with van der Waals surface area (Å²) in [7, 11) is 1.58. The van der Waals surface area contributed by atoms with Crippen molar-refractivity contribution in [2.45, 2.75) is 18.9 Å². The van der Waals surface area contributed by atoms with Crippen LogP contribution in [0.2, 0.25) is 0 Å². The van der Waals surface area contributed by atoms with E-state index in [4.69, 9.17) is 15.2 Å². The normalized spacial score (nSPS) is 12.1. The molecule has 0 bridgehead atoms. The van der Waals surface area contributed by atoms with Gasteiger partial charge in [-0.2, -0.15) is 0 Å². The van der Waals surface area contributed by atoms with Crippen molar-refractivity contribution in [2.75, 3.05) is 20.3 Å². The molecule has 0 heterocycles. The number of carbonyl (C=O) groups is 1. The van der Waals surface area contributed by atoms with Crippen LogP contribution in [-0.2, 0) is 20.7 Å². The van der Waals surface area contributed by atoms with Gasteiger partial charge >= 0.3 is 5.97 Å². The van der Waals surface area contributed by atoms with Gasteiger partial charge in [-0.3, -0.25) is 4.79 Å². The third-order valence-electron chi connectivity index (χ3n) is 2.41. The van der Waals surface area contributed by atoms with Gasteiger partial charge in [-0.05, 0) is 12.0 Å². The Morgan fingerprint density at radius 1 is 1.29 bits per heavy atom. The van der Waals surface area contributed by atoms with E-state index < -0.39 is 6.04 Å². The van der Waals surface area contributed by atoms with Crippen molar-refractivity contribution in [3.63, 3.8) is 0 Å². The molecule has 4 nitrogen and oxygen atoms in total. The van der Waals surface area contributed by atoms with Crippen molar-refractivity contribution in [1.29, 1.82) is 0 Å². The molecule has 2 N–H and O–H groups in total. The first kappa shape index (κ1) is 13.7. The predicted octanol–water partition coefficient (Wildman–Crippen LogP) is 1.14. The van der Waals surface area contributed by atoms with Gasteiger partial charge in [0.2, 0.25) is 0 Å². The minimum atomic E-state index is -0.592. The lowest BCUT2D eigenvalue weighted by Gasteiger charge is -2.10. The molecule has 0 amide bonds. The maximum Gasteiger partial charge on any atom is 0.323 e. The van der Waals surface area contributed by atoms with Crippen molar-refractivity contribution in [3.8, 4) is 0 Å². The summed E-state index contributed by atoms with van der Waals surface area (Å²) in [6.07, 6.45) is 1.20. The highest BCUT2D eigenvalue weighted by Crippen LogP contribution is 2.00. The third kappa shape index (κ3) is 5.47. The van der Waals surface area contributed by atoms with Gasteiger partial charge < -0.3 is 15.2 Å². The van der Waals surface area contributed by atoms with Crippen LogP contribution in [0, 0.1) is 0 Å². The van der Waals surface area contributed by atoms with E-state index in [9.17, 15) is 4.79 Å². The van der Waals surface area contributed by atoms with Gasteiger partial charge in [-0.15, -0.1) is 0 Å². The SMILES string of the molecule is COCCC(N)C(=O)OCCc1ccccc1. The second-order valence-corrected chi connectivity index (χ2v) is 3.79. The van der Waals surface area contributed by atoms with E-state index in [2.05, 4.69) is 0 Å². The molecule has 1 atom stereocenters. The van der Waals surface area contributed by atoms with Crippen LogP contribution in [0.4, 0.5) is 0 Å². The van der Waals surface area contributed by atoms with Crippen LogP contribution in [0.3, 0.4) is 0 Å². The molecule has 94 valence electrons. The Kier molecular flexibility index (Phi) is 6.29. The molecule has 0 aliphatic rings. The molecule has 17 heavy (non-hydrogen) atoms. The quantitative estimate of drug-likeness (QED) is 0.722. The van der Waals surface area contributed by atoms with Crippen LogP contribution < -0.4 is 5.73 Å². The van der Waals surface area contributed by atoms with Crippen molar-refractivity contribution >= 4 is 5.97 Å². The van der Waals surface area contributed by atoms with Gasteiger partial charge in [0.25, 0.3) is 0 Å². The highest BCUT2D eigenvalue weighted by molar-refractivity contribution is 5.75. The lowest BCUT2D eigenvalue weighted by atomic mass is 10.2. The molecule has 0 spiro atoms. The van der Waals surface area contributed by atoms with Crippen molar-refractivity contribution in [1.82, 2.24) is 0 Å². The number of nitrogens with two attached hydrogens (primary N) is 1. The largest absolute Gasteiger partial charge is 0.464 e. The Morgan fingerprint density at radius 3 is 2.65 bits per heavy atom. The molecule has 1 rings (SSSR count). The lowest BCUT2D eigenvalue weighted by Crippen LogP contribution is -2.33. The maximum absolute atomic E-state index is 11.4. The molecule has 0 saturated carbocycles. The van der Waals surface area contributed by atoms with Crippen LogP contribution in [0.15, 0.2) is 30.3 Å². The van der Waals surface area contributed by atoms with Gasteiger partial charge in [-0.25, -0.2) is 0 Å². The maximum atomic E-state index is 11.4. The van der Waals surface area contributed by atoms with E-state index in [-0.39, 0.29) is 5.97 Å². The van der Waals surface area contributed by atoms with Crippen molar-refractivity contribution in [2.24, 2.45) is 5.73 Å². The van der Waals surface area contributed by atoms with Crippen LogP contribution in [0.5, 0.6) is 0 Å². The molecule has 0 fully saturated rings. The average molecular weight is 237 g/mol. The zero-order chi connectivity index (χ0) is 12.5. The lowest BCUT2D eigenvalue weighted by molar-refractivity contribution is -0.145. The fourth-order valence-electron chi connectivity index (χ4n) is 1.38. The molecule has 0 saturated heterocycles. The summed E-state index contributed by atoms with van der Waals surface area (Å²) in [5.74, 6) is -0.363. The summed E-state index contributed by atoms with van der Waals surface area (Å²) in [6.45, 7) is 0.832. The van der Waals surface area contributed by atoms with Gasteiger partial charge in [0.1, 0.15) is 6.04 Å². The number of esters is 1. The van der Waals surface area contributed by atoms with Gasteiger partial charge in [0, 0.05) is 20.1 Å². The first-order valence-corrected chi connectivity index (χ1v) is 5.69. The number of methoxy groups -OCH3 is 1. The number of ether oxygens (including phenoxy) is 2. The second kappa shape index (κ2) is 7.81. The van der Waals surface area contributed by atoms with Crippen LogP contribution in [0.1, 0.15) is 12.0 Å². The summed E-state index contributed by atoms with van der Waals surface area (Å²) in [4.78, 5) is 11.4. The fourth-order valence-corrected chi connectivity index (χ4v) is 1.38. The summed E-state index contributed by atoms with van der Waals surface area (Å²) >= 11 is 0. The minimum absolute atomic E-state index is 0.363. The summed E-state index contributed by atoms with van der Waals surface area (Å²) in [5, 5.41) is 0. The first-order valence-electron chi connectivity index (χ1n) is 5.69. The van der Waals surface area contributed by atoms with E-state index in [1.165, 1.54) is 0 Å². The van der Waals surface area contributed by atoms with Crippen molar-refractivity contribution < 1.29 is 14.3 Å². The van der Waals surface area contributed by atoms with E-state index in [0.29, 0.717) is 26.1 Å². The topological polar surface area (TPSA) is 61.5 Å². The standard InChI is InChI=1S/C13H19NO3/c1-16-9-8-12(14)13(15)17-10-7-11-5-3-2-4-6-11/h2-6,12H,7-10,14H2,1H3. The van der Waals surface area contributed by atoms with E-state index in [1.54, 1.807) is 7.11 Å². The van der Waals surface area contributed by atoms with Crippen LogP contribution >= 0.6 is 0 Å². The molecule has 0 aliphatic carbocycles. The second-order valence-electron chi connectivity index (χ2n) is 3.79. The van der Waals surface area contributed by atoms with E-state index in [0.717, 1.165) is 5.56 Å². The van der Waals surface area contributed by atoms with Crippen LogP contribution in [-0.4, -0.2) is 32.3 Å². The number of hydrogen-bond donors (Lipinski definition) is 1. The Morgan fingerprint density at radius 2 is 2.00 bits per heavy atom. The van der Waals surface area contributed by atoms with E-state index in [1.807, 2.05) is 30.3 Å². The first-order chi connectivity index (χ1) is 8.24. The van der Waals surface area contributed by atoms with Gasteiger partial charge in [-0.1, -0.05) is 30.3 Å². The number of rotatable bonds is 7. The number of carbonyl (C=O) groups excluding carboxylic acids is 1. The van der Waals surface area contributed by atoms with E-state index >= 15 is 0 Å². The Bertz CT molecular complexity index is 327. The molecule has 1 aromatic rings.